The highest BCUT2D eigenvalue weighted by atomic mass is 32.2. The first-order chi connectivity index (χ1) is 8.01. The van der Waals surface area contributed by atoms with Gasteiger partial charge in [-0.25, -0.2) is 8.42 Å². The summed E-state index contributed by atoms with van der Waals surface area (Å²) < 4.78 is 23.2. The molecule has 1 atom stereocenters. The smallest absolute Gasteiger partial charge is 0.175 e. The van der Waals surface area contributed by atoms with E-state index in [0.29, 0.717) is 4.90 Å². The monoisotopic (exact) mass is 252 g/mol. The largest absolute Gasteiger partial charge is 0.384 e. The van der Waals surface area contributed by atoms with E-state index in [1.165, 1.54) is 6.26 Å². The predicted octanol–water partition coefficient (Wildman–Crippen LogP) is 0.747. The summed E-state index contributed by atoms with van der Waals surface area (Å²) in [5.41, 5.74) is 2.34. The minimum Gasteiger partial charge on any atom is -0.384 e. The molecule has 1 saturated heterocycles. The maximum Gasteiger partial charge on any atom is 0.175 e. The van der Waals surface area contributed by atoms with E-state index in [1.54, 1.807) is 6.07 Å². The maximum atomic E-state index is 11.6. The van der Waals surface area contributed by atoms with Crippen LogP contribution in [0.25, 0.3) is 0 Å². The Kier molecular flexibility index (Phi) is 2.25. The van der Waals surface area contributed by atoms with E-state index in [-0.39, 0.29) is 5.41 Å². The first kappa shape index (κ1) is 11.0. The molecular weight excluding hydrogens is 236 g/mol. The highest BCUT2D eigenvalue weighted by Crippen LogP contribution is 2.41. The van der Waals surface area contributed by atoms with Crippen LogP contribution in [0.4, 0.5) is 5.69 Å². The first-order valence-electron chi connectivity index (χ1n) is 5.81. The van der Waals surface area contributed by atoms with E-state index in [4.69, 9.17) is 0 Å². The minimum atomic E-state index is -3.12. The van der Waals surface area contributed by atoms with Crippen molar-refractivity contribution in [1.29, 1.82) is 0 Å². The summed E-state index contributed by atoms with van der Waals surface area (Å²) >= 11 is 0. The number of nitrogens with one attached hydrogen (secondary N) is 2. The number of anilines is 1. The molecule has 0 saturated carbocycles. The Morgan fingerprint density at radius 1 is 1.29 bits per heavy atom. The molecule has 2 heterocycles. The number of hydrogen-bond acceptors (Lipinski definition) is 4. The lowest BCUT2D eigenvalue weighted by Crippen LogP contribution is -2.30. The van der Waals surface area contributed by atoms with Crippen molar-refractivity contribution in [2.45, 2.75) is 16.7 Å². The minimum absolute atomic E-state index is 0.0933. The molecule has 92 valence electrons. The summed E-state index contributed by atoms with van der Waals surface area (Å²) in [6.07, 6.45) is 2.33. The van der Waals surface area contributed by atoms with Crippen LogP contribution < -0.4 is 10.6 Å². The average molecular weight is 252 g/mol. The Hall–Kier alpha value is -1.07. The van der Waals surface area contributed by atoms with Crippen LogP contribution in [0.3, 0.4) is 0 Å². The zero-order valence-corrected chi connectivity index (χ0v) is 10.6. The fourth-order valence-electron chi connectivity index (χ4n) is 2.83. The lowest BCUT2D eigenvalue weighted by Gasteiger charge is -2.22. The fraction of sp³-hybridized carbons (Fsp3) is 0.500. The molecule has 1 spiro atoms. The molecule has 2 aliphatic rings. The molecule has 0 amide bonds. The highest BCUT2D eigenvalue weighted by Gasteiger charge is 2.41. The fourth-order valence-corrected chi connectivity index (χ4v) is 3.48. The summed E-state index contributed by atoms with van der Waals surface area (Å²) in [6.45, 7) is 2.84. The molecule has 3 rings (SSSR count). The SMILES string of the molecule is CS(=O)(=O)c1ccc2c(c1)C1(CCNC1)CN2. The molecule has 2 N–H and O–H groups in total. The van der Waals surface area contributed by atoms with Crippen LogP contribution >= 0.6 is 0 Å². The van der Waals surface area contributed by atoms with Crippen LogP contribution in [0, 0.1) is 0 Å². The number of fused-ring (bicyclic) bond motifs is 2. The third kappa shape index (κ3) is 1.65. The van der Waals surface area contributed by atoms with E-state index in [1.807, 2.05) is 12.1 Å². The van der Waals surface area contributed by atoms with Crippen molar-refractivity contribution in [3.8, 4) is 0 Å². The van der Waals surface area contributed by atoms with Crippen molar-refractivity contribution in [3.63, 3.8) is 0 Å². The summed E-state index contributed by atoms with van der Waals surface area (Å²) in [6, 6.07) is 5.42. The molecule has 4 nitrogen and oxygen atoms in total. The average Bonchev–Trinajstić information content (AvgIpc) is 2.87. The predicted molar refractivity (Wildman–Crippen MR) is 67.2 cm³/mol. The van der Waals surface area contributed by atoms with Gasteiger partial charge in [0.1, 0.15) is 0 Å². The van der Waals surface area contributed by atoms with Gasteiger partial charge < -0.3 is 10.6 Å². The Bertz CT molecular complexity index is 560. The standard InChI is InChI=1S/C12H16N2O2S/c1-17(15,16)9-2-3-11-10(6-9)12(8-14-11)4-5-13-7-12/h2-3,6,13-14H,4-5,7-8H2,1H3. The van der Waals surface area contributed by atoms with Crippen LogP contribution in [0.5, 0.6) is 0 Å². The van der Waals surface area contributed by atoms with Gasteiger partial charge in [0, 0.05) is 30.4 Å². The number of benzene rings is 1. The quantitative estimate of drug-likeness (QED) is 0.774. The van der Waals surface area contributed by atoms with Gasteiger partial charge in [0.25, 0.3) is 0 Å². The summed E-state index contributed by atoms with van der Waals surface area (Å²) in [7, 11) is -3.12. The molecular formula is C12H16N2O2S. The Balaban J connectivity index is 2.14. The third-order valence-electron chi connectivity index (χ3n) is 3.85. The Morgan fingerprint density at radius 2 is 2.12 bits per heavy atom. The molecule has 1 fully saturated rings. The molecule has 1 unspecified atom stereocenters. The molecule has 1 aromatic carbocycles. The molecule has 0 aromatic heterocycles. The van der Waals surface area contributed by atoms with Crippen molar-refractivity contribution in [2.24, 2.45) is 0 Å². The molecule has 0 bridgehead atoms. The van der Waals surface area contributed by atoms with Gasteiger partial charge in [-0.2, -0.15) is 0 Å². The van der Waals surface area contributed by atoms with Gasteiger partial charge in [-0.15, -0.1) is 0 Å². The van der Waals surface area contributed by atoms with Gasteiger partial charge in [-0.05, 0) is 36.7 Å². The van der Waals surface area contributed by atoms with Gasteiger partial charge in [0.15, 0.2) is 9.84 Å². The van der Waals surface area contributed by atoms with Gasteiger partial charge in [0.2, 0.25) is 0 Å². The van der Waals surface area contributed by atoms with Crippen molar-refractivity contribution < 1.29 is 8.42 Å². The highest BCUT2D eigenvalue weighted by molar-refractivity contribution is 7.90. The van der Waals surface area contributed by atoms with Crippen LogP contribution in [0.15, 0.2) is 23.1 Å². The third-order valence-corrected chi connectivity index (χ3v) is 4.96. The van der Waals surface area contributed by atoms with E-state index in [2.05, 4.69) is 10.6 Å². The second-order valence-corrected chi connectivity index (χ2v) is 7.06. The number of sulfone groups is 1. The topological polar surface area (TPSA) is 58.2 Å². The molecule has 17 heavy (non-hydrogen) atoms. The van der Waals surface area contributed by atoms with Crippen molar-refractivity contribution in [1.82, 2.24) is 5.32 Å². The molecule has 0 radical (unpaired) electrons. The number of hydrogen-bond donors (Lipinski definition) is 2. The number of rotatable bonds is 1. The van der Waals surface area contributed by atoms with Gasteiger partial charge >= 0.3 is 0 Å². The van der Waals surface area contributed by atoms with Crippen LogP contribution in [0.1, 0.15) is 12.0 Å². The zero-order chi connectivity index (χ0) is 12.1. The lowest BCUT2D eigenvalue weighted by atomic mass is 9.82. The van der Waals surface area contributed by atoms with Crippen molar-refractivity contribution in [2.75, 3.05) is 31.2 Å². The van der Waals surface area contributed by atoms with Crippen molar-refractivity contribution in [3.05, 3.63) is 23.8 Å². The van der Waals surface area contributed by atoms with E-state index in [9.17, 15) is 8.42 Å². The molecule has 2 aliphatic heterocycles. The van der Waals surface area contributed by atoms with Gasteiger partial charge in [-0.1, -0.05) is 0 Å². The molecule has 1 aromatic rings. The normalized spacial score (nSPS) is 27.1. The van der Waals surface area contributed by atoms with E-state index >= 15 is 0 Å². The Labute approximate surface area is 101 Å². The van der Waals surface area contributed by atoms with Crippen LogP contribution in [0.2, 0.25) is 0 Å². The van der Waals surface area contributed by atoms with E-state index < -0.39 is 9.84 Å². The second-order valence-electron chi connectivity index (χ2n) is 5.04. The van der Waals surface area contributed by atoms with E-state index in [0.717, 1.165) is 37.3 Å². The van der Waals surface area contributed by atoms with Gasteiger partial charge in [0.05, 0.1) is 4.90 Å². The summed E-state index contributed by atoms with van der Waals surface area (Å²) in [4.78, 5) is 0.422. The summed E-state index contributed by atoms with van der Waals surface area (Å²) in [5.74, 6) is 0. The first-order valence-corrected chi connectivity index (χ1v) is 7.70. The summed E-state index contributed by atoms with van der Waals surface area (Å²) in [5, 5.41) is 6.74. The Morgan fingerprint density at radius 3 is 2.76 bits per heavy atom. The zero-order valence-electron chi connectivity index (χ0n) is 9.79. The second kappa shape index (κ2) is 3.46. The van der Waals surface area contributed by atoms with Crippen LogP contribution in [-0.4, -0.2) is 34.3 Å². The van der Waals surface area contributed by atoms with Gasteiger partial charge in [-0.3, -0.25) is 0 Å². The van der Waals surface area contributed by atoms with Crippen molar-refractivity contribution >= 4 is 15.5 Å². The lowest BCUT2D eigenvalue weighted by molar-refractivity contribution is 0.521. The molecule has 0 aliphatic carbocycles. The molecule has 5 heteroatoms. The van der Waals surface area contributed by atoms with Crippen LogP contribution in [-0.2, 0) is 15.3 Å². The maximum absolute atomic E-state index is 11.6.